The van der Waals surface area contributed by atoms with E-state index in [0.29, 0.717) is 18.8 Å². The molecule has 0 unspecified atom stereocenters. The van der Waals surface area contributed by atoms with Crippen LogP contribution < -0.4 is 4.74 Å². The number of allylic oxidation sites excluding steroid dienone is 1. The van der Waals surface area contributed by atoms with Crippen LogP contribution in [0.5, 0.6) is 5.75 Å². The number of hydrogen-bond donors (Lipinski definition) is 1. The molecule has 0 aromatic heterocycles. The predicted molar refractivity (Wildman–Crippen MR) is 112 cm³/mol. The number of carbonyl (C=O) groups excluding carboxylic acids is 1. The van der Waals surface area contributed by atoms with E-state index in [1.807, 2.05) is 54.6 Å². The van der Waals surface area contributed by atoms with Crippen LogP contribution in [0, 0.1) is 0 Å². The second-order valence-electron chi connectivity index (χ2n) is 7.44. The topological polar surface area (TPSA) is 83.7 Å². The number of benzene rings is 2. The van der Waals surface area contributed by atoms with Gasteiger partial charge in [0.25, 0.3) is 16.6 Å². The first-order valence-electron chi connectivity index (χ1n) is 9.30. The van der Waals surface area contributed by atoms with Crippen molar-refractivity contribution in [3.05, 3.63) is 65.7 Å². The lowest BCUT2D eigenvalue weighted by atomic mass is 9.81. The summed E-state index contributed by atoms with van der Waals surface area (Å²) in [5, 5.41) is 0. The fraction of sp³-hybridized carbons (Fsp3) is 0.273. The molecule has 29 heavy (non-hydrogen) atoms. The van der Waals surface area contributed by atoms with E-state index < -0.39 is 10.1 Å². The normalized spacial score (nSPS) is 15.6. The zero-order valence-electron chi connectivity index (χ0n) is 16.4. The molecule has 0 fully saturated rings. The minimum Gasteiger partial charge on any atom is -0.429 e. The van der Waals surface area contributed by atoms with Gasteiger partial charge in [-0.2, -0.15) is 13.0 Å². The van der Waals surface area contributed by atoms with E-state index in [9.17, 15) is 13.2 Å². The van der Waals surface area contributed by atoms with Crippen molar-refractivity contribution in [1.29, 1.82) is 0 Å². The second kappa shape index (κ2) is 8.31. The monoisotopic (exact) mass is 414 g/mol. The Labute approximate surface area is 170 Å². The third-order valence-corrected chi connectivity index (χ3v) is 5.87. The standard InChI is InChI=1S/C22H23NO5S/c1-22(2)19-15-18(28-16-24)10-11-20(19)23(13-6-14-29(25,26)27)21(22)12-9-17-7-4-3-5-8-17/h3-5,7-12,15-16H,6,13-14H2,1-2H3/p+1/b12-9+. The number of ether oxygens (including phenoxy) is 1. The quantitative estimate of drug-likeness (QED) is 0.405. The third-order valence-electron chi connectivity index (χ3n) is 5.06. The number of rotatable bonds is 8. The Hall–Kier alpha value is -2.77. The van der Waals surface area contributed by atoms with Gasteiger partial charge in [-0.15, -0.1) is 0 Å². The first kappa shape index (κ1) is 21.0. The van der Waals surface area contributed by atoms with Crippen LogP contribution in [0.4, 0.5) is 5.69 Å². The van der Waals surface area contributed by atoms with Gasteiger partial charge < -0.3 is 4.74 Å². The Kier molecular flexibility index (Phi) is 6.00. The summed E-state index contributed by atoms with van der Waals surface area (Å²) in [6.07, 6.45) is 4.33. The molecule has 152 valence electrons. The molecular weight excluding hydrogens is 390 g/mol. The molecule has 1 heterocycles. The summed E-state index contributed by atoms with van der Waals surface area (Å²) in [4.78, 5) is 10.7. The van der Waals surface area contributed by atoms with E-state index in [4.69, 9.17) is 9.29 Å². The molecule has 0 aliphatic carbocycles. The molecule has 2 aromatic rings. The van der Waals surface area contributed by atoms with Crippen LogP contribution in [0.3, 0.4) is 0 Å². The summed E-state index contributed by atoms with van der Waals surface area (Å²) in [6.45, 7) is 4.97. The van der Waals surface area contributed by atoms with Crippen LogP contribution >= 0.6 is 0 Å². The maximum atomic E-state index is 11.2. The van der Waals surface area contributed by atoms with E-state index in [0.717, 1.165) is 22.5 Å². The van der Waals surface area contributed by atoms with E-state index in [1.165, 1.54) is 0 Å². The fourth-order valence-electron chi connectivity index (χ4n) is 3.67. The molecule has 7 heteroatoms. The molecule has 1 aliphatic rings. The minimum atomic E-state index is -4.02. The first-order valence-corrected chi connectivity index (χ1v) is 10.9. The van der Waals surface area contributed by atoms with Crippen LogP contribution in [0.25, 0.3) is 6.08 Å². The van der Waals surface area contributed by atoms with E-state index >= 15 is 0 Å². The van der Waals surface area contributed by atoms with Crippen molar-refractivity contribution in [3.8, 4) is 5.75 Å². The number of fused-ring (bicyclic) bond motifs is 1. The predicted octanol–water partition coefficient (Wildman–Crippen LogP) is 3.59. The average Bonchev–Trinajstić information content (AvgIpc) is 2.87. The third kappa shape index (κ3) is 4.81. The van der Waals surface area contributed by atoms with Gasteiger partial charge >= 0.3 is 0 Å². The summed E-state index contributed by atoms with van der Waals surface area (Å²) in [5.74, 6) is 0.152. The maximum Gasteiger partial charge on any atom is 0.298 e. The Morgan fingerprint density at radius 3 is 2.48 bits per heavy atom. The zero-order valence-corrected chi connectivity index (χ0v) is 17.2. The van der Waals surface area contributed by atoms with Gasteiger partial charge in [-0.25, -0.2) is 0 Å². The Balaban J connectivity index is 2.03. The van der Waals surface area contributed by atoms with Gasteiger partial charge in [0.1, 0.15) is 12.3 Å². The van der Waals surface area contributed by atoms with Crippen LogP contribution in [-0.2, 0) is 20.3 Å². The van der Waals surface area contributed by atoms with Crippen molar-refractivity contribution in [2.24, 2.45) is 0 Å². The second-order valence-corrected chi connectivity index (χ2v) is 9.01. The van der Waals surface area contributed by atoms with Gasteiger partial charge in [0, 0.05) is 24.1 Å². The van der Waals surface area contributed by atoms with Gasteiger partial charge in [0.15, 0.2) is 5.71 Å². The highest BCUT2D eigenvalue weighted by atomic mass is 32.2. The SMILES string of the molecule is CC1(C)C(/C=C/c2ccccc2)=[N+](CCCS(=O)(=O)O)c2ccc(OC=O)cc21. The lowest BCUT2D eigenvalue weighted by Crippen LogP contribution is -2.28. The highest BCUT2D eigenvalue weighted by Crippen LogP contribution is 2.42. The average molecular weight is 415 g/mol. The van der Waals surface area contributed by atoms with Crippen molar-refractivity contribution in [2.75, 3.05) is 12.3 Å². The zero-order chi connectivity index (χ0) is 21.1. The molecule has 2 aromatic carbocycles. The summed E-state index contributed by atoms with van der Waals surface area (Å²) >= 11 is 0. The smallest absolute Gasteiger partial charge is 0.298 e. The molecule has 0 bridgehead atoms. The first-order chi connectivity index (χ1) is 13.7. The van der Waals surface area contributed by atoms with Crippen molar-refractivity contribution < 1.29 is 27.1 Å². The Morgan fingerprint density at radius 1 is 1.10 bits per heavy atom. The van der Waals surface area contributed by atoms with E-state index in [-0.39, 0.29) is 17.6 Å². The van der Waals surface area contributed by atoms with Crippen LogP contribution in [0.2, 0.25) is 0 Å². The Morgan fingerprint density at radius 2 is 1.83 bits per heavy atom. The van der Waals surface area contributed by atoms with Crippen molar-refractivity contribution in [2.45, 2.75) is 25.7 Å². The highest BCUT2D eigenvalue weighted by Gasteiger charge is 2.44. The molecule has 0 radical (unpaired) electrons. The highest BCUT2D eigenvalue weighted by molar-refractivity contribution is 7.85. The molecule has 0 atom stereocenters. The summed E-state index contributed by atoms with van der Waals surface area (Å²) in [7, 11) is -4.02. The fourth-order valence-corrected chi connectivity index (χ4v) is 4.16. The molecule has 3 rings (SSSR count). The molecule has 0 spiro atoms. The van der Waals surface area contributed by atoms with Crippen molar-refractivity contribution in [3.63, 3.8) is 0 Å². The van der Waals surface area contributed by atoms with E-state index in [1.54, 1.807) is 6.07 Å². The summed E-state index contributed by atoms with van der Waals surface area (Å²) < 4.78 is 38.5. The van der Waals surface area contributed by atoms with E-state index in [2.05, 4.69) is 18.4 Å². The summed E-state index contributed by atoms with van der Waals surface area (Å²) in [5.41, 5.74) is 3.57. The van der Waals surface area contributed by atoms with Crippen molar-refractivity contribution >= 4 is 34.1 Å². The largest absolute Gasteiger partial charge is 0.429 e. The molecular formula is C22H24NO5S+. The number of nitrogens with zero attached hydrogens (tertiary/aromatic N) is 1. The van der Waals surface area contributed by atoms with Crippen LogP contribution in [0.15, 0.2) is 54.6 Å². The van der Waals surface area contributed by atoms with Crippen LogP contribution in [0.1, 0.15) is 31.4 Å². The molecule has 1 N–H and O–H groups in total. The maximum absolute atomic E-state index is 11.2. The molecule has 0 saturated heterocycles. The van der Waals surface area contributed by atoms with Crippen LogP contribution in [-0.4, -0.2) is 42.0 Å². The van der Waals surface area contributed by atoms with Gasteiger partial charge in [-0.3, -0.25) is 9.35 Å². The number of carbonyl (C=O) groups is 1. The molecule has 1 aliphatic heterocycles. The van der Waals surface area contributed by atoms with Gasteiger partial charge in [0.2, 0.25) is 5.69 Å². The minimum absolute atomic E-state index is 0.281. The van der Waals surface area contributed by atoms with Gasteiger partial charge in [0.05, 0.1) is 11.2 Å². The molecule has 0 amide bonds. The van der Waals surface area contributed by atoms with Crippen molar-refractivity contribution in [1.82, 2.24) is 0 Å². The molecule has 0 saturated carbocycles. The number of hydrogen-bond acceptors (Lipinski definition) is 4. The molecule has 6 nitrogen and oxygen atoms in total. The lowest BCUT2D eigenvalue weighted by Gasteiger charge is -2.16. The lowest BCUT2D eigenvalue weighted by molar-refractivity contribution is -0.437. The summed E-state index contributed by atoms with van der Waals surface area (Å²) in [6, 6.07) is 15.3. The Bertz CT molecular complexity index is 1070. The van der Waals surface area contributed by atoms with Gasteiger partial charge in [-0.05, 0) is 37.6 Å². The van der Waals surface area contributed by atoms with Gasteiger partial charge in [-0.1, -0.05) is 30.3 Å².